The summed E-state index contributed by atoms with van der Waals surface area (Å²) >= 11 is 0. The van der Waals surface area contributed by atoms with Crippen LogP contribution in [0.2, 0.25) is 0 Å². The van der Waals surface area contributed by atoms with E-state index in [1.54, 1.807) is 0 Å². The van der Waals surface area contributed by atoms with E-state index in [-0.39, 0.29) is 78.1 Å². The fourth-order valence-corrected chi connectivity index (χ4v) is 6.39. The third-order valence-electron chi connectivity index (χ3n) is 9.15. The normalized spacial score (nSPS) is 10.9. The average Bonchev–Trinajstić information content (AvgIpc) is 3.07. The molecule has 1 radical (unpaired) electrons. The summed E-state index contributed by atoms with van der Waals surface area (Å²) in [6.45, 7) is 15.8. The zero-order valence-corrected chi connectivity index (χ0v) is 38.3. The molecule has 2 aromatic carbocycles. The number of unbranched alkanes of at least 4 members (excludes halogenated alkanes) is 6. The molecule has 0 amide bonds. The molecule has 0 saturated carbocycles. The van der Waals surface area contributed by atoms with E-state index in [4.69, 9.17) is 15.0 Å². The summed E-state index contributed by atoms with van der Waals surface area (Å²) in [6.07, 6.45) is 25.1. The summed E-state index contributed by atoms with van der Waals surface area (Å²) in [4.78, 5) is 15.5. The van der Waals surface area contributed by atoms with E-state index in [9.17, 15) is 0 Å². The molecule has 1 aromatic heterocycles. The van der Waals surface area contributed by atoms with Gasteiger partial charge in [0.2, 0.25) is 0 Å². The number of aryl methyl sites for hydroxylation is 7. The molecule has 0 aliphatic rings. The molecule has 0 aliphatic heterocycles. The number of nitrogens with zero attached hydrogens (tertiary/aromatic N) is 3. The number of hydrogen-bond donors (Lipinski definition) is 0. The van der Waals surface area contributed by atoms with Gasteiger partial charge in [-0.1, -0.05) is 104 Å². The third-order valence-corrected chi connectivity index (χ3v) is 9.15. The van der Waals surface area contributed by atoms with Gasteiger partial charge in [-0.2, -0.15) is 0 Å². The number of hydrogen-bond acceptors (Lipinski definition) is 3. The van der Waals surface area contributed by atoms with E-state index in [0.717, 1.165) is 49.9 Å². The fraction of sp³-hybridized carbons (Fsp3) is 0.568. The molecule has 0 atom stereocenters. The van der Waals surface area contributed by atoms with Crippen molar-refractivity contribution < 1.29 is 78.1 Å². The monoisotopic (exact) mass is 882 g/mol. The van der Waals surface area contributed by atoms with Gasteiger partial charge in [-0.25, -0.2) is 4.98 Å². The summed E-state index contributed by atoms with van der Waals surface area (Å²) in [5.41, 5.74) is 13.9. The van der Waals surface area contributed by atoms with E-state index in [0.29, 0.717) is 0 Å². The van der Waals surface area contributed by atoms with Gasteiger partial charge in [0.15, 0.2) is 0 Å². The van der Waals surface area contributed by atoms with Gasteiger partial charge in [0, 0.05) is 0 Å². The van der Waals surface area contributed by atoms with Gasteiger partial charge in [-0.3, -0.25) is 9.98 Å². The van der Waals surface area contributed by atoms with Crippen LogP contribution in [0, 0.1) is 47.8 Å². The van der Waals surface area contributed by atoms with Gasteiger partial charge in [-0.05, 0) is 135 Å². The second-order valence-corrected chi connectivity index (χ2v) is 13.7. The largest absolute Gasteiger partial charge is 3.00 e. The van der Waals surface area contributed by atoms with Crippen molar-refractivity contribution in [3.05, 3.63) is 86.7 Å². The Balaban J connectivity index is 0. The number of aliphatic imine (C=N–C) groups is 2. The maximum atomic E-state index is 5.20. The van der Waals surface area contributed by atoms with E-state index in [1.807, 2.05) is 12.4 Å². The van der Waals surface area contributed by atoms with Crippen LogP contribution in [-0.2, 0) is 38.5 Å². The van der Waals surface area contributed by atoms with E-state index < -0.39 is 0 Å². The summed E-state index contributed by atoms with van der Waals surface area (Å²) in [5, 5.41) is 0. The molecule has 51 heavy (non-hydrogen) atoms. The van der Waals surface area contributed by atoms with Crippen LogP contribution in [0.15, 0.2) is 46.4 Å². The number of rotatable bonds is 22. The van der Waals surface area contributed by atoms with Gasteiger partial charge in [-0.15, -0.1) is 0 Å². The maximum absolute atomic E-state index is 5.20. The Labute approximate surface area is 364 Å². The molecule has 0 fully saturated rings. The Morgan fingerprint density at radius 3 is 1.00 bits per heavy atom. The molecule has 0 spiro atoms. The van der Waals surface area contributed by atoms with Crippen LogP contribution < -0.4 is 37.2 Å². The minimum absolute atomic E-state index is 0. The molecule has 0 N–H and O–H groups in total. The van der Waals surface area contributed by atoms with Crippen LogP contribution in [0.4, 0.5) is 11.4 Å². The zero-order valence-electron chi connectivity index (χ0n) is 32.8. The molecule has 3 aromatic rings. The first-order valence-corrected chi connectivity index (χ1v) is 19.3. The predicted molar refractivity (Wildman–Crippen MR) is 208 cm³/mol. The van der Waals surface area contributed by atoms with Crippen molar-refractivity contribution in [2.24, 2.45) is 9.98 Å². The molecular formula is C44H65Cl3N3Nd. The van der Waals surface area contributed by atoms with Crippen LogP contribution in [-0.4, -0.2) is 17.4 Å². The molecule has 3 nitrogen and oxygen atoms in total. The maximum Gasteiger partial charge on any atom is 3.00 e. The second-order valence-electron chi connectivity index (χ2n) is 13.7. The van der Waals surface area contributed by atoms with Gasteiger partial charge in [0.1, 0.15) is 0 Å². The summed E-state index contributed by atoms with van der Waals surface area (Å²) in [6, 6.07) is 14.1. The van der Waals surface area contributed by atoms with E-state index in [1.165, 1.54) is 127 Å². The first-order chi connectivity index (χ1) is 23.0. The van der Waals surface area contributed by atoms with Crippen molar-refractivity contribution >= 4 is 23.8 Å². The summed E-state index contributed by atoms with van der Waals surface area (Å²) in [5.74, 6) is 0. The van der Waals surface area contributed by atoms with Crippen LogP contribution in [0.25, 0.3) is 0 Å². The smallest absolute Gasteiger partial charge is 1.00 e. The van der Waals surface area contributed by atoms with Crippen LogP contribution >= 0.6 is 0 Å². The molecule has 7 heteroatoms. The average molecular weight is 887 g/mol. The molecule has 281 valence electrons. The Morgan fingerprint density at radius 1 is 0.451 bits per heavy atom. The van der Waals surface area contributed by atoms with Crippen molar-refractivity contribution in [2.75, 3.05) is 0 Å². The van der Waals surface area contributed by atoms with E-state index >= 15 is 0 Å². The number of pyridine rings is 1. The summed E-state index contributed by atoms with van der Waals surface area (Å²) in [7, 11) is 0. The Hall–Kier alpha value is -0.849. The van der Waals surface area contributed by atoms with Crippen molar-refractivity contribution in [1.29, 1.82) is 0 Å². The van der Waals surface area contributed by atoms with Crippen LogP contribution in [0.3, 0.4) is 0 Å². The molecular weight excluding hydrogens is 821 g/mol. The van der Waals surface area contributed by atoms with Crippen molar-refractivity contribution in [1.82, 2.24) is 4.98 Å². The van der Waals surface area contributed by atoms with Crippen LogP contribution in [0.5, 0.6) is 0 Å². The summed E-state index contributed by atoms with van der Waals surface area (Å²) < 4.78 is 0. The van der Waals surface area contributed by atoms with Crippen molar-refractivity contribution in [2.45, 2.75) is 164 Å². The second kappa shape index (κ2) is 30.5. The molecule has 0 unspecified atom stereocenters. The third kappa shape index (κ3) is 18.4. The molecule has 0 saturated heterocycles. The first-order valence-electron chi connectivity index (χ1n) is 19.3. The SMILES string of the molecule is CCCCc1cc(CCCC)c(N=Cc2cc(C)cc(C=Nc3c(CCCC)cc(CCCC)cc3CCCC)n2)c(CCCC)c1.[Cl-].[Cl-].[Cl-].[Nd+3]. The quantitative estimate of drug-likeness (QED) is 0.141. The molecule has 0 bridgehead atoms. The molecule has 3 rings (SSSR count). The Bertz CT molecular complexity index is 1280. The van der Waals surface area contributed by atoms with Gasteiger partial charge < -0.3 is 37.2 Å². The van der Waals surface area contributed by atoms with Gasteiger partial charge in [0.25, 0.3) is 0 Å². The number of halogens is 3. The minimum atomic E-state index is 0. The Kier molecular flexibility index (Phi) is 31.2. The number of aromatic nitrogens is 1. The van der Waals surface area contributed by atoms with E-state index in [2.05, 4.69) is 84.9 Å². The van der Waals surface area contributed by atoms with Crippen LogP contribution in [0.1, 0.15) is 169 Å². The fourth-order valence-electron chi connectivity index (χ4n) is 6.39. The van der Waals surface area contributed by atoms with Crippen molar-refractivity contribution in [3.8, 4) is 0 Å². The standard InChI is InChI=1S/C44H65N3.3ClH.Nd/c1-8-14-20-35-28-37(22-16-10-3)43(38(29-35)23-17-11-4)45-32-41-26-34(7)27-42(47-41)33-46-44-39(24-18-12-5)30-36(21-15-9-2)31-40(44)25-19-13-6;;;;/h26-33H,8-25H2,1-7H3;3*1H;/q;;;;+3/p-3. The minimum Gasteiger partial charge on any atom is -1.00 e. The number of benzene rings is 2. The van der Waals surface area contributed by atoms with Gasteiger partial charge >= 0.3 is 40.8 Å². The zero-order chi connectivity index (χ0) is 33.9. The van der Waals surface area contributed by atoms with Gasteiger partial charge in [0.05, 0.1) is 35.2 Å². The van der Waals surface area contributed by atoms with Crippen molar-refractivity contribution in [3.63, 3.8) is 0 Å². The molecule has 0 aliphatic carbocycles. The Morgan fingerprint density at radius 2 is 0.725 bits per heavy atom. The molecule has 1 heterocycles. The first kappa shape index (κ1) is 52.3. The topological polar surface area (TPSA) is 37.6 Å². The predicted octanol–water partition coefficient (Wildman–Crippen LogP) is 3.96.